The Morgan fingerprint density at radius 2 is 1.95 bits per heavy atom. The van der Waals surface area contributed by atoms with Gasteiger partial charge in [0.2, 0.25) is 0 Å². The third-order valence-corrected chi connectivity index (χ3v) is 3.19. The lowest BCUT2D eigenvalue weighted by Crippen LogP contribution is -1.96. The average Bonchev–Trinajstić information content (AvgIpc) is 3.02. The largest absolute Gasteiger partial charge is 0.462 e. The first kappa shape index (κ1) is 13.3. The molecule has 5 heteroatoms. The van der Waals surface area contributed by atoms with Gasteiger partial charge in [0.1, 0.15) is 5.69 Å². The summed E-state index contributed by atoms with van der Waals surface area (Å²) in [6, 6.07) is 13.6. The molecule has 2 aromatic heterocycles. The molecule has 0 bridgehead atoms. The van der Waals surface area contributed by atoms with E-state index >= 15 is 0 Å². The number of benzene rings is 1. The molecule has 0 saturated carbocycles. The van der Waals surface area contributed by atoms with Gasteiger partial charge in [0.25, 0.3) is 5.88 Å². The van der Waals surface area contributed by atoms with Crippen LogP contribution in [0.4, 0.5) is 0 Å². The molecule has 4 nitrogen and oxygen atoms in total. The molecule has 0 aliphatic heterocycles. The van der Waals surface area contributed by atoms with Gasteiger partial charge in [0.15, 0.2) is 6.61 Å². The molecule has 102 valence electrons. The summed E-state index contributed by atoms with van der Waals surface area (Å²) in [5.74, 6) is 6.50. The van der Waals surface area contributed by atoms with Crippen LogP contribution in [0.25, 0.3) is 11.3 Å². The van der Waals surface area contributed by atoms with Crippen LogP contribution in [0.3, 0.4) is 0 Å². The fourth-order valence-corrected chi connectivity index (χ4v) is 2.24. The lowest BCUT2D eigenvalue weighted by molar-refractivity contribution is 0.360. The summed E-state index contributed by atoms with van der Waals surface area (Å²) in [6.45, 7) is 0.271. The van der Waals surface area contributed by atoms with Crippen molar-refractivity contribution in [1.82, 2.24) is 13.7 Å². The zero-order valence-electron chi connectivity index (χ0n) is 11.1. The van der Waals surface area contributed by atoms with Crippen molar-refractivity contribution in [2.24, 2.45) is 0 Å². The SMILES string of the molecule is C(#Cc1ccccc1)COc1nsnc1-c1cccnc1. The van der Waals surface area contributed by atoms with Crippen LogP contribution in [-0.4, -0.2) is 20.3 Å². The zero-order chi connectivity index (χ0) is 14.3. The number of hydrogen-bond donors (Lipinski definition) is 0. The molecule has 0 aliphatic carbocycles. The van der Waals surface area contributed by atoms with E-state index in [2.05, 4.69) is 25.6 Å². The second-order valence-electron chi connectivity index (χ2n) is 4.12. The molecule has 0 unspecified atom stereocenters. The van der Waals surface area contributed by atoms with E-state index in [1.807, 2.05) is 42.5 Å². The topological polar surface area (TPSA) is 47.9 Å². The van der Waals surface area contributed by atoms with E-state index in [1.165, 1.54) is 0 Å². The van der Waals surface area contributed by atoms with Crippen LogP contribution < -0.4 is 4.74 Å². The summed E-state index contributed by atoms with van der Waals surface area (Å²) >= 11 is 1.11. The van der Waals surface area contributed by atoms with Crippen LogP contribution >= 0.6 is 11.7 Å². The molecule has 0 saturated heterocycles. The molecule has 0 radical (unpaired) electrons. The highest BCUT2D eigenvalue weighted by Gasteiger charge is 2.11. The van der Waals surface area contributed by atoms with Gasteiger partial charge >= 0.3 is 0 Å². The number of hydrogen-bond acceptors (Lipinski definition) is 5. The summed E-state index contributed by atoms with van der Waals surface area (Å²) in [5.41, 5.74) is 2.55. The quantitative estimate of drug-likeness (QED) is 0.696. The molecule has 3 rings (SSSR count). The van der Waals surface area contributed by atoms with E-state index in [0.29, 0.717) is 11.6 Å². The molecule has 2 heterocycles. The second-order valence-corrected chi connectivity index (χ2v) is 4.64. The van der Waals surface area contributed by atoms with E-state index in [4.69, 9.17) is 4.74 Å². The Labute approximate surface area is 126 Å². The van der Waals surface area contributed by atoms with Crippen LogP contribution in [0.15, 0.2) is 54.9 Å². The van der Waals surface area contributed by atoms with Crippen molar-refractivity contribution in [2.45, 2.75) is 0 Å². The van der Waals surface area contributed by atoms with Gasteiger partial charge in [0, 0.05) is 23.5 Å². The first-order chi connectivity index (χ1) is 10.4. The maximum atomic E-state index is 5.59. The number of aromatic nitrogens is 3. The van der Waals surface area contributed by atoms with Crippen molar-refractivity contribution < 1.29 is 4.74 Å². The highest BCUT2D eigenvalue weighted by molar-refractivity contribution is 6.99. The van der Waals surface area contributed by atoms with E-state index in [0.717, 1.165) is 22.9 Å². The van der Waals surface area contributed by atoms with Gasteiger partial charge in [-0.3, -0.25) is 4.98 Å². The lowest BCUT2D eigenvalue weighted by Gasteiger charge is -2.00. The van der Waals surface area contributed by atoms with Gasteiger partial charge in [-0.2, -0.15) is 4.37 Å². The standard InChI is InChI=1S/C16H11N3OS/c1-2-6-13(7-3-1)8-5-11-20-16-15(18-21-19-16)14-9-4-10-17-12-14/h1-4,6-7,9-10,12H,11H2. The van der Waals surface area contributed by atoms with Crippen molar-refractivity contribution in [3.63, 3.8) is 0 Å². The van der Waals surface area contributed by atoms with Crippen LogP contribution in [0.5, 0.6) is 5.88 Å². The molecule has 0 spiro atoms. The Hall–Kier alpha value is -2.71. The average molecular weight is 293 g/mol. The van der Waals surface area contributed by atoms with Crippen LogP contribution in [0, 0.1) is 11.8 Å². The molecule has 1 aromatic carbocycles. The normalized spacial score (nSPS) is 9.71. The van der Waals surface area contributed by atoms with Crippen molar-refractivity contribution in [2.75, 3.05) is 6.61 Å². The molecule has 0 amide bonds. The van der Waals surface area contributed by atoms with Crippen molar-refractivity contribution in [3.8, 4) is 29.0 Å². The molecular weight excluding hydrogens is 282 g/mol. The number of pyridine rings is 1. The van der Waals surface area contributed by atoms with Gasteiger partial charge in [0.05, 0.1) is 11.7 Å². The minimum absolute atomic E-state index is 0.271. The molecule has 21 heavy (non-hydrogen) atoms. The Morgan fingerprint density at radius 3 is 2.76 bits per heavy atom. The summed E-state index contributed by atoms with van der Waals surface area (Å²) in [7, 11) is 0. The minimum atomic E-state index is 0.271. The fourth-order valence-electron chi connectivity index (χ4n) is 1.72. The number of rotatable bonds is 3. The third-order valence-electron chi connectivity index (χ3n) is 2.68. The zero-order valence-corrected chi connectivity index (χ0v) is 11.9. The molecular formula is C16H11N3OS. The van der Waals surface area contributed by atoms with E-state index < -0.39 is 0 Å². The van der Waals surface area contributed by atoms with Gasteiger partial charge in [-0.05, 0) is 24.3 Å². The van der Waals surface area contributed by atoms with E-state index in [1.54, 1.807) is 12.4 Å². The molecule has 0 N–H and O–H groups in total. The molecule has 0 fully saturated rings. The molecule has 0 aliphatic rings. The lowest BCUT2D eigenvalue weighted by atomic mass is 10.2. The van der Waals surface area contributed by atoms with Crippen LogP contribution in [0.1, 0.15) is 5.56 Å². The molecule has 0 atom stereocenters. The van der Waals surface area contributed by atoms with Gasteiger partial charge in [-0.15, -0.1) is 4.37 Å². The first-order valence-corrected chi connectivity index (χ1v) is 7.06. The summed E-state index contributed by atoms with van der Waals surface area (Å²) in [4.78, 5) is 4.07. The van der Waals surface area contributed by atoms with E-state index in [9.17, 15) is 0 Å². The van der Waals surface area contributed by atoms with Crippen LogP contribution in [0.2, 0.25) is 0 Å². The van der Waals surface area contributed by atoms with Gasteiger partial charge in [-0.1, -0.05) is 30.0 Å². The minimum Gasteiger partial charge on any atom is -0.462 e. The summed E-state index contributed by atoms with van der Waals surface area (Å²) in [5, 5.41) is 0. The highest BCUT2D eigenvalue weighted by Crippen LogP contribution is 2.26. The Morgan fingerprint density at radius 1 is 1.05 bits per heavy atom. The second kappa shape index (κ2) is 6.64. The highest BCUT2D eigenvalue weighted by atomic mass is 32.1. The fraction of sp³-hybridized carbons (Fsp3) is 0.0625. The predicted octanol–water partition coefficient (Wildman–Crippen LogP) is 3.03. The monoisotopic (exact) mass is 293 g/mol. The van der Waals surface area contributed by atoms with E-state index in [-0.39, 0.29) is 6.61 Å². The third kappa shape index (κ3) is 3.44. The Balaban J connectivity index is 1.68. The maximum Gasteiger partial charge on any atom is 0.254 e. The smallest absolute Gasteiger partial charge is 0.254 e. The van der Waals surface area contributed by atoms with Crippen molar-refractivity contribution >= 4 is 11.7 Å². The molecule has 3 aromatic rings. The maximum absolute atomic E-state index is 5.59. The van der Waals surface area contributed by atoms with Gasteiger partial charge in [-0.25, -0.2) is 0 Å². The Bertz CT molecular complexity index is 760. The van der Waals surface area contributed by atoms with Crippen molar-refractivity contribution in [3.05, 3.63) is 60.4 Å². The summed E-state index contributed by atoms with van der Waals surface area (Å²) < 4.78 is 14.0. The summed E-state index contributed by atoms with van der Waals surface area (Å²) in [6.07, 6.45) is 3.45. The van der Waals surface area contributed by atoms with Crippen molar-refractivity contribution in [1.29, 1.82) is 0 Å². The number of ether oxygens (including phenoxy) is 1. The van der Waals surface area contributed by atoms with Gasteiger partial charge < -0.3 is 4.74 Å². The first-order valence-electron chi connectivity index (χ1n) is 6.33. The number of nitrogens with zero attached hydrogens (tertiary/aromatic N) is 3. The van der Waals surface area contributed by atoms with Crippen LogP contribution in [-0.2, 0) is 0 Å². The predicted molar refractivity (Wildman–Crippen MR) is 82.0 cm³/mol. The Kier molecular flexibility index (Phi) is 4.20.